The van der Waals surface area contributed by atoms with Gasteiger partial charge in [-0.2, -0.15) is 0 Å². The highest BCUT2D eigenvalue weighted by atomic mass is 32.1. The van der Waals surface area contributed by atoms with Gasteiger partial charge in [-0.05, 0) is 20.3 Å². The van der Waals surface area contributed by atoms with Crippen LogP contribution >= 0.6 is 11.3 Å². The molecule has 0 bridgehead atoms. The van der Waals surface area contributed by atoms with Gasteiger partial charge >= 0.3 is 0 Å². The van der Waals surface area contributed by atoms with Gasteiger partial charge in [-0.1, -0.05) is 0 Å². The van der Waals surface area contributed by atoms with Crippen LogP contribution < -0.4 is 10.5 Å². The maximum atomic E-state index is 12.8. The van der Waals surface area contributed by atoms with E-state index in [1.165, 1.54) is 18.3 Å². The molecule has 116 valence electrons. The molecule has 0 aromatic carbocycles. The third-order valence-electron chi connectivity index (χ3n) is 4.47. The largest absolute Gasteiger partial charge is 0.377 e. The molecule has 2 aromatic heterocycles. The number of anilines is 1. The van der Waals surface area contributed by atoms with E-state index in [2.05, 4.69) is 4.90 Å². The lowest BCUT2D eigenvalue weighted by Crippen LogP contribution is -2.51. The molecule has 1 fully saturated rings. The monoisotopic (exact) mass is 319 g/mol. The Hall–Kier alpha value is -1.73. The van der Waals surface area contributed by atoms with Crippen molar-refractivity contribution in [2.75, 3.05) is 24.7 Å². The van der Waals surface area contributed by atoms with Crippen molar-refractivity contribution in [3.05, 3.63) is 20.8 Å². The van der Waals surface area contributed by atoms with Crippen molar-refractivity contribution >= 4 is 33.3 Å². The number of aromatic nitrogens is 2. The van der Waals surface area contributed by atoms with Crippen LogP contribution in [0.5, 0.6) is 0 Å². The predicted molar refractivity (Wildman–Crippen MR) is 85.2 cm³/mol. The molecule has 0 saturated carbocycles. The van der Waals surface area contributed by atoms with Crippen molar-refractivity contribution < 1.29 is 9.53 Å². The summed E-state index contributed by atoms with van der Waals surface area (Å²) in [5, 5.41) is 0. The van der Waals surface area contributed by atoms with Gasteiger partial charge in [0.15, 0.2) is 5.78 Å². The van der Waals surface area contributed by atoms with E-state index in [9.17, 15) is 9.59 Å². The lowest BCUT2D eigenvalue weighted by molar-refractivity contribution is 0.0844. The van der Waals surface area contributed by atoms with Crippen LogP contribution in [0, 0.1) is 6.92 Å². The Labute approximate surface area is 131 Å². The van der Waals surface area contributed by atoms with E-state index in [0.29, 0.717) is 41.5 Å². The van der Waals surface area contributed by atoms with E-state index < -0.39 is 0 Å². The summed E-state index contributed by atoms with van der Waals surface area (Å²) in [6.45, 7) is 6.13. The quantitative estimate of drug-likeness (QED) is 0.747. The van der Waals surface area contributed by atoms with Crippen molar-refractivity contribution in [2.24, 2.45) is 0 Å². The first kappa shape index (κ1) is 13.9. The van der Waals surface area contributed by atoms with E-state index >= 15 is 0 Å². The molecular formula is C15H17N3O3S. The second-order valence-corrected chi connectivity index (χ2v) is 7.07. The summed E-state index contributed by atoms with van der Waals surface area (Å²) in [5.41, 5.74) is 1.14. The molecule has 0 unspecified atom stereocenters. The molecule has 2 aliphatic heterocycles. The molecule has 0 aliphatic carbocycles. The Balaban J connectivity index is 2.00. The summed E-state index contributed by atoms with van der Waals surface area (Å²) in [7, 11) is 0. The molecule has 1 atom stereocenters. The maximum absolute atomic E-state index is 12.8. The van der Waals surface area contributed by atoms with Crippen LogP contribution in [-0.4, -0.2) is 41.1 Å². The number of ketones is 1. The van der Waals surface area contributed by atoms with Crippen LogP contribution in [0.3, 0.4) is 0 Å². The number of ether oxygens (including phenoxy) is 1. The third kappa shape index (κ3) is 1.85. The second-order valence-electron chi connectivity index (χ2n) is 5.85. The number of morpholine rings is 1. The van der Waals surface area contributed by atoms with Crippen LogP contribution in [-0.2, 0) is 11.3 Å². The average Bonchev–Trinajstić information content (AvgIpc) is 2.84. The highest BCUT2D eigenvalue weighted by Crippen LogP contribution is 2.32. The SMILES string of the molecule is CC(=O)c1c(C)sc2c(=O)n3c(nc12)N1CCOC[C@@H]1CC3. The molecule has 0 spiro atoms. The Bertz CT molecular complexity index is 839. The average molecular weight is 319 g/mol. The van der Waals surface area contributed by atoms with Crippen LogP contribution in [0.4, 0.5) is 5.95 Å². The fraction of sp³-hybridized carbons (Fsp3) is 0.533. The Kier molecular flexibility index (Phi) is 3.09. The lowest BCUT2D eigenvalue weighted by atomic mass is 10.1. The van der Waals surface area contributed by atoms with Gasteiger partial charge < -0.3 is 9.64 Å². The Morgan fingerprint density at radius 3 is 3.00 bits per heavy atom. The Morgan fingerprint density at radius 2 is 2.23 bits per heavy atom. The van der Waals surface area contributed by atoms with Gasteiger partial charge in [0.2, 0.25) is 5.95 Å². The number of nitrogens with zero attached hydrogens (tertiary/aromatic N) is 3. The maximum Gasteiger partial charge on any atom is 0.272 e. The van der Waals surface area contributed by atoms with Crippen LogP contribution in [0.15, 0.2) is 4.79 Å². The minimum absolute atomic E-state index is 0.0226. The van der Waals surface area contributed by atoms with E-state index in [1.807, 2.05) is 6.92 Å². The van der Waals surface area contributed by atoms with Crippen molar-refractivity contribution in [2.45, 2.75) is 32.9 Å². The number of hydrogen-bond donors (Lipinski definition) is 0. The molecule has 6 nitrogen and oxygen atoms in total. The van der Waals surface area contributed by atoms with Crippen LogP contribution in [0.1, 0.15) is 28.6 Å². The molecule has 0 amide bonds. The molecule has 2 aromatic rings. The van der Waals surface area contributed by atoms with Crippen molar-refractivity contribution in [3.63, 3.8) is 0 Å². The van der Waals surface area contributed by atoms with E-state index in [-0.39, 0.29) is 17.4 Å². The van der Waals surface area contributed by atoms with Gasteiger partial charge in [-0.25, -0.2) is 4.98 Å². The number of rotatable bonds is 1. The van der Waals surface area contributed by atoms with Gasteiger partial charge in [-0.15, -0.1) is 11.3 Å². The zero-order valence-corrected chi connectivity index (χ0v) is 13.4. The number of Topliss-reactive ketones (excluding diaryl/α,β-unsaturated/α-hetero) is 1. The van der Waals surface area contributed by atoms with Crippen LogP contribution in [0.25, 0.3) is 10.2 Å². The van der Waals surface area contributed by atoms with Gasteiger partial charge in [0.1, 0.15) is 10.2 Å². The fourth-order valence-corrected chi connectivity index (χ4v) is 4.52. The number of carbonyl (C=O) groups is 1. The summed E-state index contributed by atoms with van der Waals surface area (Å²) in [4.78, 5) is 32.5. The smallest absolute Gasteiger partial charge is 0.272 e. The summed E-state index contributed by atoms with van der Waals surface area (Å²) >= 11 is 1.38. The van der Waals surface area contributed by atoms with E-state index in [0.717, 1.165) is 17.8 Å². The number of carbonyl (C=O) groups excluding carboxylic acids is 1. The molecule has 4 heterocycles. The number of hydrogen-bond acceptors (Lipinski definition) is 6. The fourth-order valence-electron chi connectivity index (χ4n) is 3.43. The third-order valence-corrected chi connectivity index (χ3v) is 5.56. The molecule has 1 saturated heterocycles. The zero-order chi connectivity index (χ0) is 15.4. The highest BCUT2D eigenvalue weighted by molar-refractivity contribution is 7.19. The summed E-state index contributed by atoms with van der Waals surface area (Å²) in [6, 6.07) is 0.276. The topological polar surface area (TPSA) is 64.4 Å². The van der Waals surface area contributed by atoms with Gasteiger partial charge in [0.25, 0.3) is 5.56 Å². The highest BCUT2D eigenvalue weighted by Gasteiger charge is 2.32. The van der Waals surface area contributed by atoms with Gasteiger partial charge in [0, 0.05) is 18.0 Å². The summed E-state index contributed by atoms with van der Waals surface area (Å²) in [6.07, 6.45) is 0.893. The molecule has 7 heteroatoms. The predicted octanol–water partition coefficient (Wildman–Crippen LogP) is 1.58. The second kappa shape index (κ2) is 4.89. The summed E-state index contributed by atoms with van der Waals surface area (Å²) < 4.78 is 7.88. The first-order valence-corrected chi connectivity index (χ1v) is 8.29. The van der Waals surface area contributed by atoms with E-state index in [1.54, 1.807) is 4.57 Å². The van der Waals surface area contributed by atoms with Crippen molar-refractivity contribution in [1.29, 1.82) is 0 Å². The first-order valence-electron chi connectivity index (χ1n) is 7.47. The van der Waals surface area contributed by atoms with Crippen molar-refractivity contribution in [1.82, 2.24) is 9.55 Å². The van der Waals surface area contributed by atoms with Crippen LogP contribution in [0.2, 0.25) is 0 Å². The van der Waals surface area contributed by atoms with E-state index in [4.69, 9.17) is 9.72 Å². The van der Waals surface area contributed by atoms with Crippen molar-refractivity contribution in [3.8, 4) is 0 Å². The molecule has 22 heavy (non-hydrogen) atoms. The number of thiophene rings is 1. The number of aryl methyl sites for hydroxylation is 1. The normalized spacial score (nSPS) is 20.8. The number of fused-ring (bicyclic) bond motifs is 4. The lowest BCUT2D eigenvalue weighted by Gasteiger charge is -2.40. The van der Waals surface area contributed by atoms with Gasteiger partial charge in [-0.3, -0.25) is 14.2 Å². The summed E-state index contributed by atoms with van der Waals surface area (Å²) in [5.74, 6) is 0.660. The molecule has 0 radical (unpaired) electrons. The zero-order valence-electron chi connectivity index (χ0n) is 12.6. The molecule has 4 rings (SSSR count). The molecular weight excluding hydrogens is 302 g/mol. The first-order chi connectivity index (χ1) is 10.6. The van der Waals surface area contributed by atoms with Gasteiger partial charge in [0.05, 0.1) is 24.8 Å². The minimum atomic E-state index is -0.0325. The standard InChI is InChI=1S/C15H17N3O3S/c1-8(19)11-9(2)22-13-12(11)16-15-17-5-6-21-7-10(17)3-4-18(15)14(13)20/h10H,3-7H2,1-2H3/t10-/m0/s1. The Morgan fingerprint density at radius 1 is 1.41 bits per heavy atom. The molecule has 0 N–H and O–H groups in total. The molecule has 2 aliphatic rings. The minimum Gasteiger partial charge on any atom is -0.377 e.